The third-order valence-corrected chi connectivity index (χ3v) is 3.08. The minimum Gasteiger partial charge on any atom is -0.491 e. The molecule has 0 heterocycles. The largest absolute Gasteiger partial charge is 0.491 e. The minimum absolute atomic E-state index is 0.00840. The first-order chi connectivity index (χ1) is 9.56. The molecule has 0 radical (unpaired) electrons. The molecular formula is C17H21NO2. The first kappa shape index (κ1) is 14.4. The molecule has 0 fully saturated rings. The van der Waals surface area contributed by atoms with E-state index in [1.54, 1.807) is 0 Å². The highest BCUT2D eigenvalue weighted by molar-refractivity contribution is 5.87. The first-order valence-electron chi connectivity index (χ1n) is 6.99. The number of carbonyl (C=O) groups is 1. The van der Waals surface area contributed by atoms with Crippen LogP contribution in [-0.2, 0) is 11.2 Å². The van der Waals surface area contributed by atoms with Gasteiger partial charge in [0, 0.05) is 13.5 Å². The fourth-order valence-electron chi connectivity index (χ4n) is 2.25. The van der Waals surface area contributed by atoms with Crippen molar-refractivity contribution in [2.75, 3.05) is 6.54 Å². The Hall–Kier alpha value is -2.03. The highest BCUT2D eigenvalue weighted by atomic mass is 16.5. The van der Waals surface area contributed by atoms with E-state index < -0.39 is 0 Å². The molecule has 0 bridgehead atoms. The second-order valence-corrected chi connectivity index (χ2v) is 5.20. The maximum atomic E-state index is 10.9. The Balaban J connectivity index is 2.26. The van der Waals surface area contributed by atoms with E-state index in [0.717, 1.165) is 12.2 Å². The van der Waals surface area contributed by atoms with Crippen molar-refractivity contribution in [3.63, 3.8) is 0 Å². The predicted molar refractivity (Wildman–Crippen MR) is 82.1 cm³/mol. The first-order valence-corrected chi connectivity index (χ1v) is 6.99. The maximum absolute atomic E-state index is 10.9. The molecule has 106 valence electrons. The van der Waals surface area contributed by atoms with Crippen LogP contribution in [0, 0.1) is 0 Å². The number of carbonyl (C=O) groups excluding carboxylic acids is 1. The number of rotatable bonds is 5. The van der Waals surface area contributed by atoms with Gasteiger partial charge in [0.1, 0.15) is 5.75 Å². The Morgan fingerprint density at radius 2 is 2.05 bits per heavy atom. The third kappa shape index (κ3) is 3.73. The fourth-order valence-corrected chi connectivity index (χ4v) is 2.25. The van der Waals surface area contributed by atoms with Crippen molar-refractivity contribution in [3.05, 3.63) is 42.0 Å². The molecule has 0 saturated heterocycles. The summed E-state index contributed by atoms with van der Waals surface area (Å²) in [5.74, 6) is 0.897. The normalized spacial score (nSPS) is 10.8. The second kappa shape index (κ2) is 6.42. The van der Waals surface area contributed by atoms with Crippen molar-refractivity contribution >= 4 is 16.7 Å². The number of fused-ring (bicyclic) bond motifs is 1. The van der Waals surface area contributed by atoms with Gasteiger partial charge < -0.3 is 10.1 Å². The van der Waals surface area contributed by atoms with Crippen LogP contribution in [0.5, 0.6) is 5.75 Å². The monoisotopic (exact) mass is 271 g/mol. The summed E-state index contributed by atoms with van der Waals surface area (Å²) in [6.45, 7) is 6.24. The van der Waals surface area contributed by atoms with Crippen LogP contribution in [-0.4, -0.2) is 18.6 Å². The Morgan fingerprint density at radius 3 is 2.75 bits per heavy atom. The molecule has 3 nitrogen and oxygen atoms in total. The zero-order chi connectivity index (χ0) is 14.5. The van der Waals surface area contributed by atoms with Gasteiger partial charge in [0.25, 0.3) is 0 Å². The Labute approximate surface area is 119 Å². The number of hydrogen-bond donors (Lipinski definition) is 1. The molecule has 1 amide bonds. The predicted octanol–water partition coefficient (Wildman–Crippen LogP) is 3.31. The van der Waals surface area contributed by atoms with E-state index in [1.165, 1.54) is 23.3 Å². The Bertz CT molecular complexity index is 605. The molecule has 2 rings (SSSR count). The molecule has 0 aliphatic carbocycles. The van der Waals surface area contributed by atoms with E-state index in [1.807, 2.05) is 19.9 Å². The molecule has 0 atom stereocenters. The highest BCUT2D eigenvalue weighted by Crippen LogP contribution is 2.25. The van der Waals surface area contributed by atoms with Crippen molar-refractivity contribution < 1.29 is 9.53 Å². The number of benzene rings is 2. The molecule has 3 heteroatoms. The van der Waals surface area contributed by atoms with Crippen molar-refractivity contribution in [1.82, 2.24) is 5.32 Å². The lowest BCUT2D eigenvalue weighted by molar-refractivity contribution is -0.118. The van der Waals surface area contributed by atoms with Gasteiger partial charge in [0.15, 0.2) is 0 Å². The van der Waals surface area contributed by atoms with E-state index in [-0.39, 0.29) is 12.0 Å². The summed E-state index contributed by atoms with van der Waals surface area (Å²) in [6.07, 6.45) is 0.987. The van der Waals surface area contributed by atoms with Crippen LogP contribution in [0.25, 0.3) is 10.8 Å². The molecular weight excluding hydrogens is 250 g/mol. The lowest BCUT2D eigenvalue weighted by atomic mass is 10.0. The van der Waals surface area contributed by atoms with Gasteiger partial charge >= 0.3 is 0 Å². The van der Waals surface area contributed by atoms with Gasteiger partial charge in [-0.15, -0.1) is 0 Å². The molecule has 2 aromatic carbocycles. The standard InChI is InChI=1S/C17H21NO2/c1-12(2)20-16-8-7-14-5-4-6-15(17(14)11-16)9-10-18-13(3)19/h4-8,11-12H,9-10H2,1-3H3,(H,18,19). The molecule has 0 spiro atoms. The fraction of sp³-hybridized carbons (Fsp3) is 0.353. The zero-order valence-electron chi connectivity index (χ0n) is 12.3. The molecule has 1 N–H and O–H groups in total. The molecule has 0 aliphatic rings. The maximum Gasteiger partial charge on any atom is 0.216 e. The molecule has 0 aromatic heterocycles. The van der Waals surface area contributed by atoms with Crippen LogP contribution in [0.3, 0.4) is 0 Å². The van der Waals surface area contributed by atoms with Crippen LogP contribution in [0.4, 0.5) is 0 Å². The smallest absolute Gasteiger partial charge is 0.216 e. The number of ether oxygens (including phenoxy) is 1. The van der Waals surface area contributed by atoms with Gasteiger partial charge in [-0.1, -0.05) is 24.3 Å². The van der Waals surface area contributed by atoms with Gasteiger partial charge in [-0.05, 0) is 48.7 Å². The van der Waals surface area contributed by atoms with Crippen LogP contribution >= 0.6 is 0 Å². The topological polar surface area (TPSA) is 38.3 Å². The van der Waals surface area contributed by atoms with Gasteiger partial charge in [0.05, 0.1) is 6.10 Å². The SMILES string of the molecule is CC(=O)NCCc1cccc2ccc(OC(C)C)cc12. The van der Waals surface area contributed by atoms with Crippen molar-refractivity contribution in [2.24, 2.45) is 0 Å². The Kier molecular flexibility index (Phi) is 4.61. The second-order valence-electron chi connectivity index (χ2n) is 5.20. The number of hydrogen-bond acceptors (Lipinski definition) is 2. The third-order valence-electron chi connectivity index (χ3n) is 3.08. The molecule has 20 heavy (non-hydrogen) atoms. The molecule has 0 saturated carbocycles. The number of nitrogens with one attached hydrogen (secondary N) is 1. The average Bonchev–Trinajstić information content (AvgIpc) is 2.38. The van der Waals surface area contributed by atoms with Crippen LogP contribution in [0.2, 0.25) is 0 Å². The summed E-state index contributed by atoms with van der Waals surface area (Å²) in [5.41, 5.74) is 1.23. The Morgan fingerprint density at radius 1 is 1.25 bits per heavy atom. The summed E-state index contributed by atoms with van der Waals surface area (Å²) in [4.78, 5) is 10.9. The van der Waals surface area contributed by atoms with Crippen LogP contribution in [0.1, 0.15) is 26.3 Å². The van der Waals surface area contributed by atoms with Crippen molar-refractivity contribution in [2.45, 2.75) is 33.3 Å². The van der Waals surface area contributed by atoms with E-state index in [4.69, 9.17) is 4.74 Å². The minimum atomic E-state index is 0.00840. The summed E-state index contributed by atoms with van der Waals surface area (Å²) < 4.78 is 5.75. The van der Waals surface area contributed by atoms with E-state index in [0.29, 0.717) is 6.54 Å². The summed E-state index contributed by atoms with van der Waals surface area (Å²) in [7, 11) is 0. The lowest BCUT2D eigenvalue weighted by Gasteiger charge is -2.12. The average molecular weight is 271 g/mol. The molecule has 2 aromatic rings. The summed E-state index contributed by atoms with van der Waals surface area (Å²) in [5, 5.41) is 5.22. The summed E-state index contributed by atoms with van der Waals surface area (Å²) >= 11 is 0. The lowest BCUT2D eigenvalue weighted by Crippen LogP contribution is -2.22. The summed E-state index contributed by atoms with van der Waals surface area (Å²) in [6, 6.07) is 12.4. The molecule has 0 unspecified atom stereocenters. The van der Waals surface area contributed by atoms with E-state index in [9.17, 15) is 4.79 Å². The zero-order valence-corrected chi connectivity index (χ0v) is 12.3. The number of amides is 1. The van der Waals surface area contributed by atoms with Gasteiger partial charge in [0.2, 0.25) is 5.91 Å². The van der Waals surface area contributed by atoms with E-state index >= 15 is 0 Å². The van der Waals surface area contributed by atoms with Gasteiger partial charge in [-0.25, -0.2) is 0 Å². The van der Waals surface area contributed by atoms with Gasteiger partial charge in [-0.2, -0.15) is 0 Å². The van der Waals surface area contributed by atoms with Crippen LogP contribution in [0.15, 0.2) is 36.4 Å². The van der Waals surface area contributed by atoms with E-state index in [2.05, 4.69) is 35.6 Å². The quantitative estimate of drug-likeness (QED) is 0.906. The molecule has 0 aliphatic heterocycles. The van der Waals surface area contributed by atoms with Gasteiger partial charge in [-0.3, -0.25) is 4.79 Å². The van der Waals surface area contributed by atoms with Crippen LogP contribution < -0.4 is 10.1 Å². The van der Waals surface area contributed by atoms with Crippen molar-refractivity contribution in [1.29, 1.82) is 0 Å². The van der Waals surface area contributed by atoms with Crippen molar-refractivity contribution in [3.8, 4) is 5.75 Å². The highest BCUT2D eigenvalue weighted by Gasteiger charge is 2.04.